The van der Waals surface area contributed by atoms with Crippen molar-refractivity contribution in [2.45, 2.75) is 39.7 Å². The number of benzene rings is 1. The number of hydrogen-bond acceptors (Lipinski definition) is 2. The smallest absolute Gasteiger partial charge is 0.147 e. The second-order valence-electron chi connectivity index (χ2n) is 5.23. The lowest BCUT2D eigenvalue weighted by atomic mass is 10.0. The summed E-state index contributed by atoms with van der Waals surface area (Å²) in [6.45, 7) is 8.30. The van der Waals surface area contributed by atoms with Crippen molar-refractivity contribution >= 4 is 31.9 Å². The molecule has 0 heterocycles. The van der Waals surface area contributed by atoms with E-state index < -0.39 is 0 Å². The Morgan fingerprint density at radius 1 is 1.11 bits per heavy atom. The normalized spacial score (nSPS) is 12.7. The SMILES string of the molecule is CC(C)CCC(C)NCCOc1c(Br)cccc1Br. The standard InChI is InChI=1S/C15H23Br2NO/c1-11(2)7-8-12(3)18-9-10-19-15-13(16)5-4-6-14(15)17/h4-6,11-12,18H,7-10H2,1-3H3. The van der Waals surface area contributed by atoms with Crippen LogP contribution in [0.5, 0.6) is 5.75 Å². The van der Waals surface area contributed by atoms with Crippen LogP contribution in [-0.2, 0) is 0 Å². The van der Waals surface area contributed by atoms with Gasteiger partial charge in [-0.1, -0.05) is 19.9 Å². The Kier molecular flexibility index (Phi) is 8.03. The number of para-hydroxylation sites is 1. The highest BCUT2D eigenvalue weighted by Crippen LogP contribution is 2.32. The summed E-state index contributed by atoms with van der Waals surface area (Å²) in [6.07, 6.45) is 2.49. The molecule has 0 aliphatic carbocycles. The Morgan fingerprint density at radius 2 is 1.74 bits per heavy atom. The number of nitrogens with one attached hydrogen (secondary N) is 1. The molecular formula is C15H23Br2NO. The summed E-state index contributed by atoms with van der Waals surface area (Å²) < 4.78 is 7.75. The Hall–Kier alpha value is -0.0600. The third kappa shape index (κ3) is 6.77. The molecule has 2 nitrogen and oxygen atoms in total. The first-order valence-electron chi connectivity index (χ1n) is 6.81. The van der Waals surface area contributed by atoms with Crippen LogP contribution in [-0.4, -0.2) is 19.2 Å². The maximum Gasteiger partial charge on any atom is 0.147 e. The molecule has 0 radical (unpaired) electrons. The molecule has 4 heteroatoms. The van der Waals surface area contributed by atoms with Crippen LogP contribution in [0.2, 0.25) is 0 Å². The van der Waals surface area contributed by atoms with Gasteiger partial charge in [0.05, 0.1) is 8.95 Å². The van der Waals surface area contributed by atoms with Gasteiger partial charge < -0.3 is 10.1 Å². The molecule has 1 N–H and O–H groups in total. The van der Waals surface area contributed by atoms with E-state index in [0.717, 1.165) is 27.2 Å². The van der Waals surface area contributed by atoms with Crippen LogP contribution < -0.4 is 10.1 Å². The van der Waals surface area contributed by atoms with Crippen molar-refractivity contribution in [3.8, 4) is 5.75 Å². The summed E-state index contributed by atoms with van der Waals surface area (Å²) in [5.41, 5.74) is 0. The zero-order chi connectivity index (χ0) is 14.3. The summed E-state index contributed by atoms with van der Waals surface area (Å²) in [6, 6.07) is 6.50. The molecule has 0 aliphatic rings. The van der Waals surface area contributed by atoms with E-state index in [1.165, 1.54) is 12.8 Å². The van der Waals surface area contributed by atoms with Crippen LogP contribution in [0.3, 0.4) is 0 Å². The monoisotopic (exact) mass is 391 g/mol. The predicted octanol–water partition coefficient (Wildman–Crippen LogP) is 5.00. The molecule has 0 fully saturated rings. The summed E-state index contributed by atoms with van der Waals surface area (Å²) in [4.78, 5) is 0. The number of halogens is 2. The third-order valence-electron chi connectivity index (χ3n) is 2.94. The lowest BCUT2D eigenvalue weighted by Gasteiger charge is -2.16. The molecule has 0 aromatic heterocycles. The third-order valence-corrected chi connectivity index (χ3v) is 4.19. The zero-order valence-electron chi connectivity index (χ0n) is 11.9. The molecule has 19 heavy (non-hydrogen) atoms. The predicted molar refractivity (Wildman–Crippen MR) is 88.9 cm³/mol. The van der Waals surface area contributed by atoms with Crippen molar-refractivity contribution in [1.29, 1.82) is 0 Å². The molecule has 1 aromatic carbocycles. The molecular weight excluding hydrogens is 370 g/mol. The van der Waals surface area contributed by atoms with Gasteiger partial charge in [-0.05, 0) is 69.7 Å². The maximum absolute atomic E-state index is 5.79. The summed E-state index contributed by atoms with van der Waals surface area (Å²) in [5.74, 6) is 1.65. The van der Waals surface area contributed by atoms with Crippen LogP contribution in [0.25, 0.3) is 0 Å². The second kappa shape index (κ2) is 8.98. The maximum atomic E-state index is 5.79. The summed E-state index contributed by atoms with van der Waals surface area (Å²) in [5, 5.41) is 3.49. The van der Waals surface area contributed by atoms with E-state index in [1.807, 2.05) is 18.2 Å². The first-order valence-corrected chi connectivity index (χ1v) is 8.39. The Labute approximate surface area is 133 Å². The van der Waals surface area contributed by atoms with Gasteiger partial charge in [0, 0.05) is 12.6 Å². The minimum Gasteiger partial charge on any atom is -0.490 e. The highest BCUT2D eigenvalue weighted by atomic mass is 79.9. The molecule has 108 valence electrons. The van der Waals surface area contributed by atoms with Crippen LogP contribution in [0.15, 0.2) is 27.1 Å². The molecule has 0 spiro atoms. The summed E-state index contributed by atoms with van der Waals surface area (Å²) in [7, 11) is 0. The fourth-order valence-corrected chi connectivity index (χ4v) is 2.99. The molecule has 0 saturated carbocycles. The molecule has 0 aliphatic heterocycles. The van der Waals surface area contributed by atoms with Gasteiger partial charge in [0.15, 0.2) is 0 Å². The second-order valence-corrected chi connectivity index (χ2v) is 6.93. The van der Waals surface area contributed by atoms with Crippen LogP contribution in [0.4, 0.5) is 0 Å². The van der Waals surface area contributed by atoms with Crippen molar-refractivity contribution in [2.24, 2.45) is 5.92 Å². The molecule has 0 saturated heterocycles. The van der Waals surface area contributed by atoms with Gasteiger partial charge in [-0.2, -0.15) is 0 Å². The van der Waals surface area contributed by atoms with Crippen molar-refractivity contribution in [1.82, 2.24) is 5.32 Å². The van der Waals surface area contributed by atoms with Crippen LogP contribution in [0, 0.1) is 5.92 Å². The highest BCUT2D eigenvalue weighted by molar-refractivity contribution is 9.11. The largest absolute Gasteiger partial charge is 0.490 e. The van der Waals surface area contributed by atoms with Crippen molar-refractivity contribution in [3.63, 3.8) is 0 Å². The minimum absolute atomic E-state index is 0.550. The molecule has 1 unspecified atom stereocenters. The van der Waals surface area contributed by atoms with E-state index in [-0.39, 0.29) is 0 Å². The van der Waals surface area contributed by atoms with Gasteiger partial charge in [0.2, 0.25) is 0 Å². The molecule has 1 aromatic rings. The van der Waals surface area contributed by atoms with Gasteiger partial charge in [-0.15, -0.1) is 0 Å². The Bertz CT molecular complexity index is 362. The van der Waals surface area contributed by atoms with Crippen molar-refractivity contribution < 1.29 is 4.74 Å². The van der Waals surface area contributed by atoms with E-state index >= 15 is 0 Å². The number of rotatable bonds is 8. The van der Waals surface area contributed by atoms with Crippen LogP contribution in [0.1, 0.15) is 33.6 Å². The van der Waals surface area contributed by atoms with Crippen molar-refractivity contribution in [3.05, 3.63) is 27.1 Å². The fraction of sp³-hybridized carbons (Fsp3) is 0.600. The van der Waals surface area contributed by atoms with Gasteiger partial charge in [0.1, 0.15) is 12.4 Å². The highest BCUT2D eigenvalue weighted by Gasteiger charge is 2.06. The first kappa shape index (κ1) is 17.0. The Balaban J connectivity index is 2.24. The van der Waals surface area contributed by atoms with Gasteiger partial charge >= 0.3 is 0 Å². The van der Waals surface area contributed by atoms with E-state index in [2.05, 4.69) is 57.9 Å². The van der Waals surface area contributed by atoms with Crippen molar-refractivity contribution in [2.75, 3.05) is 13.2 Å². The van der Waals surface area contributed by atoms with E-state index in [4.69, 9.17) is 4.74 Å². The van der Waals surface area contributed by atoms with Gasteiger partial charge in [-0.3, -0.25) is 0 Å². The molecule has 1 atom stereocenters. The van der Waals surface area contributed by atoms with E-state index in [0.29, 0.717) is 12.6 Å². The van der Waals surface area contributed by atoms with Gasteiger partial charge in [0.25, 0.3) is 0 Å². The zero-order valence-corrected chi connectivity index (χ0v) is 15.1. The molecule has 0 bridgehead atoms. The topological polar surface area (TPSA) is 21.3 Å². The quantitative estimate of drug-likeness (QED) is 0.628. The fourth-order valence-electron chi connectivity index (χ4n) is 1.76. The molecule has 0 amide bonds. The van der Waals surface area contributed by atoms with Gasteiger partial charge in [-0.25, -0.2) is 0 Å². The van der Waals surface area contributed by atoms with Crippen LogP contribution >= 0.6 is 31.9 Å². The Morgan fingerprint density at radius 3 is 2.32 bits per heavy atom. The lowest BCUT2D eigenvalue weighted by Crippen LogP contribution is -2.30. The molecule has 1 rings (SSSR count). The number of hydrogen-bond donors (Lipinski definition) is 1. The first-order chi connectivity index (χ1) is 9.00. The average Bonchev–Trinajstić information content (AvgIpc) is 2.35. The van der Waals surface area contributed by atoms with E-state index in [1.54, 1.807) is 0 Å². The average molecular weight is 393 g/mol. The van der Waals surface area contributed by atoms with E-state index in [9.17, 15) is 0 Å². The summed E-state index contributed by atoms with van der Waals surface area (Å²) >= 11 is 6.99. The lowest BCUT2D eigenvalue weighted by molar-refractivity contribution is 0.299. The number of ether oxygens (including phenoxy) is 1. The minimum atomic E-state index is 0.550.